The first kappa shape index (κ1) is 22.8. The van der Waals surface area contributed by atoms with Gasteiger partial charge in [-0.05, 0) is 6.92 Å². The van der Waals surface area contributed by atoms with E-state index < -0.39 is 55.3 Å². The molecule has 15 heteroatoms. The van der Waals surface area contributed by atoms with E-state index in [9.17, 15) is 53.9 Å². The quantitative estimate of drug-likeness (QED) is 0.404. The Hall–Kier alpha value is -2.22. The molecule has 0 N–H and O–H groups in total. The molecule has 0 rings (SSSR count). The Kier molecular flexibility index (Phi) is 7.08. The van der Waals surface area contributed by atoms with E-state index >= 15 is 0 Å². The van der Waals surface area contributed by atoms with Crippen LogP contribution in [-0.2, 0) is 28.6 Å². The van der Waals surface area contributed by atoms with Gasteiger partial charge in [-0.2, -0.15) is 39.5 Å². The van der Waals surface area contributed by atoms with Crippen LogP contribution >= 0.6 is 0 Å². The average Bonchev–Trinajstić information content (AvgIpc) is 2.39. The third-order valence-corrected chi connectivity index (χ3v) is 2.15. The highest BCUT2D eigenvalue weighted by molar-refractivity contribution is 5.77. The molecule has 0 heterocycles. The van der Waals surface area contributed by atoms with Crippen LogP contribution in [0.2, 0.25) is 0 Å². The molecule has 6 nitrogen and oxygen atoms in total. The van der Waals surface area contributed by atoms with Gasteiger partial charge in [0.25, 0.3) is 0 Å². The lowest BCUT2D eigenvalue weighted by Gasteiger charge is -2.24. The Morgan fingerprint density at radius 2 is 1.08 bits per heavy atom. The summed E-state index contributed by atoms with van der Waals surface area (Å²) in [5, 5.41) is 0. The van der Waals surface area contributed by atoms with Crippen LogP contribution in [0.1, 0.15) is 6.92 Å². The summed E-state index contributed by atoms with van der Waals surface area (Å²) in [6.07, 6.45) is -21.8. The lowest BCUT2D eigenvalue weighted by Crippen LogP contribution is -2.43. The molecule has 0 saturated heterocycles. The summed E-state index contributed by atoms with van der Waals surface area (Å²) in [4.78, 5) is 31.7. The maximum atomic E-state index is 12.1. The zero-order chi connectivity index (χ0) is 20.2. The molecule has 0 saturated carbocycles. The Labute approximate surface area is 131 Å². The van der Waals surface area contributed by atoms with Gasteiger partial charge < -0.3 is 14.2 Å². The van der Waals surface area contributed by atoms with Crippen LogP contribution in [0.4, 0.5) is 39.5 Å². The highest BCUT2D eigenvalue weighted by Gasteiger charge is 2.47. The van der Waals surface area contributed by atoms with Gasteiger partial charge in [-0.1, -0.05) is 0 Å². The smallest absolute Gasteiger partial charge is 0.455 e. The van der Waals surface area contributed by atoms with Crippen molar-refractivity contribution in [2.24, 2.45) is 0 Å². The molecule has 0 unspecified atom stereocenters. The fourth-order valence-corrected chi connectivity index (χ4v) is 1.02. The molecular weight excluding hydrogens is 387 g/mol. The van der Waals surface area contributed by atoms with E-state index in [4.69, 9.17) is 0 Å². The monoisotopic (exact) mass is 394 g/mol. The fraction of sp³-hybridized carbons (Fsp3) is 0.700. The van der Waals surface area contributed by atoms with E-state index in [1.54, 1.807) is 0 Å². The molecule has 0 radical (unpaired) electrons. The molecule has 0 aromatic heterocycles. The van der Waals surface area contributed by atoms with E-state index in [0.29, 0.717) is 6.92 Å². The zero-order valence-corrected chi connectivity index (χ0v) is 11.7. The molecule has 2 atom stereocenters. The van der Waals surface area contributed by atoms with E-state index in [1.165, 1.54) is 0 Å². The van der Waals surface area contributed by atoms with E-state index in [1.807, 2.05) is 0 Å². The van der Waals surface area contributed by atoms with Gasteiger partial charge in [-0.15, -0.1) is 0 Å². The van der Waals surface area contributed by atoms with E-state index in [0.717, 1.165) is 0 Å². The van der Waals surface area contributed by atoms with Crippen molar-refractivity contribution in [1.82, 2.24) is 0 Å². The topological polar surface area (TPSA) is 78.9 Å². The van der Waals surface area contributed by atoms with Gasteiger partial charge in [0.1, 0.15) is 12.7 Å². The van der Waals surface area contributed by atoms with Gasteiger partial charge in [0.2, 0.25) is 0 Å². The summed E-state index contributed by atoms with van der Waals surface area (Å²) in [5.41, 5.74) is 0. The maximum absolute atomic E-state index is 12.1. The Bertz CT molecular complexity index is 506. The number of hydrogen-bond acceptors (Lipinski definition) is 6. The molecule has 146 valence electrons. The van der Waals surface area contributed by atoms with Crippen LogP contribution in [0, 0.1) is 0 Å². The second-order valence-electron chi connectivity index (χ2n) is 4.15. The Balaban J connectivity index is 5.15. The molecule has 0 aromatic rings. The third kappa shape index (κ3) is 7.93. The highest BCUT2D eigenvalue weighted by atomic mass is 19.4. The number of rotatable bonds is 5. The number of hydrogen-bond donors (Lipinski definition) is 0. The van der Waals surface area contributed by atoms with E-state index in [2.05, 4.69) is 14.2 Å². The van der Waals surface area contributed by atoms with Gasteiger partial charge in [0.15, 0.2) is 6.10 Å². The average molecular weight is 394 g/mol. The molecule has 0 fully saturated rings. The van der Waals surface area contributed by atoms with Crippen molar-refractivity contribution in [3.05, 3.63) is 0 Å². The van der Waals surface area contributed by atoms with Crippen LogP contribution < -0.4 is 0 Å². The SMILES string of the molecule is C[C@H](OC(=O)C(F)(F)F)[C@@H](COC(=O)C(F)(F)F)OC(=O)C(F)(F)F. The third-order valence-electron chi connectivity index (χ3n) is 2.15. The second kappa shape index (κ2) is 7.77. The van der Waals surface area contributed by atoms with Gasteiger partial charge >= 0.3 is 36.4 Å². The predicted molar refractivity (Wildman–Crippen MR) is 54.6 cm³/mol. The van der Waals surface area contributed by atoms with Gasteiger partial charge in [-0.25, -0.2) is 14.4 Å². The number of ether oxygens (including phenoxy) is 3. The van der Waals surface area contributed by atoms with Crippen molar-refractivity contribution in [1.29, 1.82) is 0 Å². The van der Waals surface area contributed by atoms with Gasteiger partial charge in [-0.3, -0.25) is 0 Å². The van der Waals surface area contributed by atoms with Gasteiger partial charge in [0, 0.05) is 0 Å². The molecule has 0 amide bonds. The molecule has 0 aliphatic rings. The first-order valence-corrected chi connectivity index (χ1v) is 5.75. The normalized spacial score (nSPS) is 15.1. The summed E-state index contributed by atoms with van der Waals surface area (Å²) in [7, 11) is 0. The van der Waals surface area contributed by atoms with Crippen molar-refractivity contribution >= 4 is 17.9 Å². The van der Waals surface area contributed by atoms with E-state index in [-0.39, 0.29) is 0 Å². The molecule has 0 aliphatic carbocycles. The summed E-state index contributed by atoms with van der Waals surface area (Å²) < 4.78 is 119. The molecule has 0 aliphatic heterocycles. The second-order valence-corrected chi connectivity index (χ2v) is 4.15. The minimum Gasteiger partial charge on any atom is -0.455 e. The number of halogens is 9. The minimum absolute atomic E-state index is 0.472. The first-order valence-electron chi connectivity index (χ1n) is 5.75. The van der Waals surface area contributed by atoms with Crippen LogP contribution in [-0.4, -0.2) is 55.3 Å². The van der Waals surface area contributed by atoms with Crippen molar-refractivity contribution in [2.75, 3.05) is 6.61 Å². The minimum atomic E-state index is -5.67. The lowest BCUT2D eigenvalue weighted by atomic mass is 10.2. The number of carbonyl (C=O) groups excluding carboxylic acids is 3. The van der Waals surface area contributed by atoms with Crippen LogP contribution in [0.5, 0.6) is 0 Å². The summed E-state index contributed by atoms with van der Waals surface area (Å²) in [6.45, 7) is -1.29. The molecule has 25 heavy (non-hydrogen) atoms. The standard InChI is InChI=1S/C10H7F9O6/c1-3(24-6(21)9(14,15)16)4(25-7(22)10(17,18)19)2-23-5(20)8(11,12)13/h3-4H,2H2,1H3/t3-,4+/m0/s1. The van der Waals surface area contributed by atoms with Crippen LogP contribution in [0.3, 0.4) is 0 Å². The summed E-state index contributed by atoms with van der Waals surface area (Å²) in [5.74, 6) is -8.86. The van der Waals surface area contributed by atoms with Crippen molar-refractivity contribution in [2.45, 2.75) is 37.7 Å². The Morgan fingerprint density at radius 1 is 0.720 bits per heavy atom. The van der Waals surface area contributed by atoms with Crippen LogP contribution in [0.25, 0.3) is 0 Å². The summed E-state index contributed by atoms with van der Waals surface area (Å²) >= 11 is 0. The Morgan fingerprint density at radius 3 is 1.44 bits per heavy atom. The fourth-order valence-electron chi connectivity index (χ4n) is 1.02. The molecule has 0 bridgehead atoms. The largest absolute Gasteiger partial charge is 0.490 e. The zero-order valence-electron chi connectivity index (χ0n) is 11.7. The lowest BCUT2D eigenvalue weighted by molar-refractivity contribution is -0.226. The molecular formula is C10H7F9O6. The van der Waals surface area contributed by atoms with Crippen molar-refractivity contribution < 1.29 is 68.1 Å². The predicted octanol–water partition coefficient (Wildman–Crippen LogP) is 2.06. The molecule has 0 spiro atoms. The maximum Gasteiger partial charge on any atom is 0.490 e. The number of carbonyl (C=O) groups is 3. The summed E-state index contributed by atoms with van der Waals surface area (Å²) in [6, 6.07) is 0. The highest BCUT2D eigenvalue weighted by Crippen LogP contribution is 2.23. The van der Waals surface area contributed by atoms with Crippen molar-refractivity contribution in [3.63, 3.8) is 0 Å². The van der Waals surface area contributed by atoms with Crippen molar-refractivity contribution in [3.8, 4) is 0 Å². The van der Waals surface area contributed by atoms with Gasteiger partial charge in [0.05, 0.1) is 0 Å². The first-order chi connectivity index (χ1) is 11.0. The molecule has 0 aromatic carbocycles. The number of alkyl halides is 9. The van der Waals surface area contributed by atoms with Crippen LogP contribution in [0.15, 0.2) is 0 Å². The number of esters is 3.